The Morgan fingerprint density at radius 2 is 1.63 bits per heavy atom. The maximum atomic E-state index is 13.1. The molecule has 2 aliphatic carbocycles. The number of rotatable bonds is 5. The highest BCUT2D eigenvalue weighted by Gasteiger charge is 2.37. The Kier molecular flexibility index (Phi) is 6.20. The van der Waals surface area contributed by atoms with Gasteiger partial charge in [-0.3, -0.25) is 4.79 Å². The van der Waals surface area contributed by atoms with Crippen molar-refractivity contribution in [2.75, 3.05) is 0 Å². The molecular formula is C26H29FN2O. The minimum absolute atomic E-state index is 0.0326. The quantitative estimate of drug-likeness (QED) is 0.560. The van der Waals surface area contributed by atoms with Gasteiger partial charge in [0.05, 0.1) is 0 Å². The largest absolute Gasteiger partial charge is 0.366 e. The van der Waals surface area contributed by atoms with Crippen LogP contribution in [0.4, 0.5) is 4.39 Å². The van der Waals surface area contributed by atoms with E-state index in [1.165, 1.54) is 50.7 Å². The molecule has 0 aliphatic heterocycles. The Hall–Kier alpha value is -2.64. The number of hydrogen-bond acceptors (Lipinski definition) is 2. The lowest BCUT2D eigenvalue weighted by atomic mass is 9.81. The van der Waals surface area contributed by atoms with Crippen LogP contribution in [0, 0.1) is 17.7 Å². The van der Waals surface area contributed by atoms with Crippen LogP contribution in [-0.2, 0) is 6.42 Å². The second-order valence-corrected chi connectivity index (χ2v) is 8.78. The minimum atomic E-state index is -0.391. The van der Waals surface area contributed by atoms with Gasteiger partial charge in [-0.1, -0.05) is 37.5 Å². The van der Waals surface area contributed by atoms with Gasteiger partial charge in [-0.15, -0.1) is 0 Å². The summed E-state index contributed by atoms with van der Waals surface area (Å²) in [4.78, 5) is 12.1. The van der Waals surface area contributed by atoms with Crippen LogP contribution >= 0.6 is 0 Å². The summed E-state index contributed by atoms with van der Waals surface area (Å²) in [6, 6.07) is 12.4. The second-order valence-electron chi connectivity index (χ2n) is 8.78. The van der Waals surface area contributed by atoms with Crippen molar-refractivity contribution >= 4 is 5.91 Å². The summed E-state index contributed by atoms with van der Waals surface area (Å²) >= 11 is 0. The molecule has 0 aromatic heterocycles. The lowest BCUT2D eigenvalue weighted by molar-refractivity contribution is 0.0999. The number of primary amides is 1. The molecule has 0 bridgehead atoms. The first-order valence-corrected chi connectivity index (χ1v) is 11.0. The Labute approximate surface area is 178 Å². The maximum absolute atomic E-state index is 13.1. The molecule has 0 heterocycles. The van der Waals surface area contributed by atoms with Crippen molar-refractivity contribution in [1.82, 2.24) is 5.32 Å². The lowest BCUT2D eigenvalue weighted by Crippen LogP contribution is -2.48. The summed E-state index contributed by atoms with van der Waals surface area (Å²) in [6.45, 7) is 0. The third kappa shape index (κ3) is 5.29. The number of nitrogens with two attached hydrogens (primary N) is 1. The fourth-order valence-electron chi connectivity index (χ4n) is 4.54. The van der Waals surface area contributed by atoms with Gasteiger partial charge in [0.25, 0.3) is 0 Å². The number of hydrogen-bond donors (Lipinski definition) is 2. The van der Waals surface area contributed by atoms with Crippen LogP contribution < -0.4 is 11.1 Å². The lowest BCUT2D eigenvalue weighted by Gasteiger charge is -2.35. The highest BCUT2D eigenvalue weighted by molar-refractivity contribution is 5.94. The molecule has 4 rings (SSSR count). The van der Waals surface area contributed by atoms with E-state index in [2.05, 4.69) is 17.2 Å². The van der Waals surface area contributed by atoms with Crippen molar-refractivity contribution in [3.8, 4) is 11.8 Å². The molecular weight excluding hydrogens is 375 g/mol. The van der Waals surface area contributed by atoms with Crippen molar-refractivity contribution in [1.29, 1.82) is 0 Å². The van der Waals surface area contributed by atoms with Gasteiger partial charge in [0.1, 0.15) is 5.82 Å². The van der Waals surface area contributed by atoms with Crippen molar-refractivity contribution in [3.05, 3.63) is 70.5 Å². The van der Waals surface area contributed by atoms with Crippen LogP contribution in [0.1, 0.15) is 78.4 Å². The summed E-state index contributed by atoms with van der Waals surface area (Å²) in [6.07, 6.45) is 10.5. The van der Waals surface area contributed by atoms with Gasteiger partial charge < -0.3 is 11.1 Å². The summed E-state index contributed by atoms with van der Waals surface area (Å²) < 4.78 is 13.1. The average molecular weight is 405 g/mol. The van der Waals surface area contributed by atoms with Gasteiger partial charge in [0.2, 0.25) is 5.91 Å². The third-order valence-electron chi connectivity index (χ3n) is 6.24. The summed E-state index contributed by atoms with van der Waals surface area (Å²) in [5.41, 5.74) is 8.90. The van der Waals surface area contributed by atoms with E-state index in [4.69, 9.17) is 5.73 Å². The first-order chi connectivity index (χ1) is 14.5. The van der Waals surface area contributed by atoms with E-state index in [0.717, 1.165) is 36.0 Å². The predicted octanol–water partition coefficient (Wildman–Crippen LogP) is 4.71. The van der Waals surface area contributed by atoms with Gasteiger partial charge in [-0.25, -0.2) is 4.39 Å². The zero-order chi connectivity index (χ0) is 21.0. The molecule has 1 amide bonds. The first kappa shape index (κ1) is 20.6. The predicted molar refractivity (Wildman–Crippen MR) is 118 cm³/mol. The smallest absolute Gasteiger partial charge is 0.248 e. The zero-order valence-corrected chi connectivity index (χ0v) is 17.3. The number of amides is 1. The van der Waals surface area contributed by atoms with Gasteiger partial charge in [-0.05, 0) is 80.1 Å². The molecule has 0 unspecified atom stereocenters. The number of benzene rings is 2. The molecule has 4 heteroatoms. The first-order valence-electron chi connectivity index (χ1n) is 11.0. The third-order valence-corrected chi connectivity index (χ3v) is 6.24. The van der Waals surface area contributed by atoms with E-state index in [1.807, 2.05) is 12.1 Å². The molecule has 0 spiro atoms. The molecule has 2 aromatic rings. The van der Waals surface area contributed by atoms with Gasteiger partial charge in [-0.2, -0.15) is 0 Å². The molecule has 2 aliphatic rings. The van der Waals surface area contributed by atoms with E-state index < -0.39 is 5.91 Å². The molecule has 3 N–H and O–H groups in total. The highest BCUT2D eigenvalue weighted by Crippen LogP contribution is 2.35. The Morgan fingerprint density at radius 1 is 1.00 bits per heavy atom. The summed E-state index contributed by atoms with van der Waals surface area (Å²) in [5.74, 6) is 5.57. The normalized spacial score (nSPS) is 18.2. The number of carbonyl (C=O) groups excluding carboxylic acids is 1. The monoisotopic (exact) mass is 404 g/mol. The Morgan fingerprint density at radius 3 is 2.27 bits per heavy atom. The van der Waals surface area contributed by atoms with Crippen molar-refractivity contribution in [2.45, 2.75) is 69.4 Å². The second kappa shape index (κ2) is 9.02. The molecule has 2 fully saturated rings. The van der Waals surface area contributed by atoms with Crippen LogP contribution in [0.5, 0.6) is 0 Å². The SMILES string of the molecule is NC(=O)c1ccc(C#Cc2ccc(F)cc2)cc1CC1(NC2CC2)CCCCCC1. The van der Waals surface area contributed by atoms with Crippen LogP contribution in [-0.4, -0.2) is 17.5 Å². The van der Waals surface area contributed by atoms with E-state index in [0.29, 0.717) is 11.6 Å². The topological polar surface area (TPSA) is 55.1 Å². The maximum Gasteiger partial charge on any atom is 0.248 e. The van der Waals surface area contributed by atoms with E-state index in [1.54, 1.807) is 18.2 Å². The average Bonchev–Trinajstić information content (AvgIpc) is 3.56. The summed E-state index contributed by atoms with van der Waals surface area (Å²) in [7, 11) is 0. The minimum Gasteiger partial charge on any atom is -0.366 e. The highest BCUT2D eigenvalue weighted by atomic mass is 19.1. The number of halogens is 1. The van der Waals surface area contributed by atoms with E-state index in [9.17, 15) is 9.18 Å². The molecule has 3 nitrogen and oxygen atoms in total. The fraction of sp³-hybridized carbons (Fsp3) is 0.423. The van der Waals surface area contributed by atoms with Crippen LogP contribution in [0.2, 0.25) is 0 Å². The van der Waals surface area contributed by atoms with Crippen molar-refractivity contribution in [3.63, 3.8) is 0 Å². The van der Waals surface area contributed by atoms with E-state index >= 15 is 0 Å². The Balaban J connectivity index is 1.63. The molecule has 2 saturated carbocycles. The van der Waals surface area contributed by atoms with Crippen LogP contribution in [0.3, 0.4) is 0 Å². The Bertz CT molecular complexity index is 959. The van der Waals surface area contributed by atoms with Crippen molar-refractivity contribution < 1.29 is 9.18 Å². The molecule has 2 aromatic carbocycles. The van der Waals surface area contributed by atoms with Gasteiger partial charge in [0.15, 0.2) is 0 Å². The van der Waals surface area contributed by atoms with Crippen molar-refractivity contribution in [2.24, 2.45) is 5.73 Å². The van der Waals surface area contributed by atoms with Crippen LogP contribution in [0.25, 0.3) is 0 Å². The molecule has 156 valence electrons. The van der Waals surface area contributed by atoms with Gasteiger partial charge >= 0.3 is 0 Å². The zero-order valence-electron chi connectivity index (χ0n) is 17.3. The molecule has 0 saturated heterocycles. The van der Waals surface area contributed by atoms with E-state index in [-0.39, 0.29) is 11.4 Å². The van der Waals surface area contributed by atoms with Gasteiger partial charge in [0, 0.05) is 28.3 Å². The number of nitrogens with one attached hydrogen (secondary N) is 1. The number of carbonyl (C=O) groups is 1. The standard InChI is InChI=1S/C26H29FN2O/c27-22-10-7-19(8-11-22)5-6-20-9-14-24(25(28)30)21(17-20)18-26(29-23-12-13-23)15-3-1-2-4-16-26/h7-11,14,17,23,29H,1-4,12-13,15-16,18H2,(H2,28,30). The molecule has 30 heavy (non-hydrogen) atoms. The molecule has 0 radical (unpaired) electrons. The van der Waals surface area contributed by atoms with Crippen LogP contribution in [0.15, 0.2) is 42.5 Å². The fourth-order valence-corrected chi connectivity index (χ4v) is 4.54. The molecule has 0 atom stereocenters. The summed E-state index contributed by atoms with van der Waals surface area (Å²) in [5, 5.41) is 3.92.